The maximum atomic E-state index is 11.9. The van der Waals surface area contributed by atoms with Gasteiger partial charge in [-0.3, -0.25) is 4.79 Å². The molecular weight excluding hydrogens is 216 g/mol. The summed E-state index contributed by atoms with van der Waals surface area (Å²) in [5.74, 6) is 0.481. The molecule has 0 bridgehead atoms. The molecule has 2 rings (SSSR count). The van der Waals surface area contributed by atoms with E-state index in [1.165, 1.54) is 12.1 Å². The Morgan fingerprint density at radius 1 is 1.59 bits per heavy atom. The summed E-state index contributed by atoms with van der Waals surface area (Å²) in [4.78, 5) is 11.9. The zero-order valence-corrected chi connectivity index (χ0v) is 9.94. The number of aromatic hydroxyl groups is 1. The number of carbonyl (C=O) groups excluding carboxylic acids is 1. The average molecular weight is 234 g/mol. The van der Waals surface area contributed by atoms with Crippen LogP contribution in [0.1, 0.15) is 36.5 Å². The normalized spacial score (nSPS) is 22.2. The number of nitrogens with one attached hydrogen (secondary N) is 1. The molecule has 1 aliphatic carbocycles. The van der Waals surface area contributed by atoms with Crippen molar-refractivity contribution in [3.05, 3.63) is 23.8 Å². The summed E-state index contributed by atoms with van der Waals surface area (Å²) in [7, 11) is 0. The fraction of sp³-hybridized carbons (Fsp3) is 0.462. The van der Waals surface area contributed by atoms with Gasteiger partial charge in [-0.15, -0.1) is 0 Å². The summed E-state index contributed by atoms with van der Waals surface area (Å²) >= 11 is 0. The molecule has 4 N–H and O–H groups in total. The number of benzene rings is 1. The molecule has 1 aromatic carbocycles. The number of hydrogen-bond acceptors (Lipinski definition) is 3. The van der Waals surface area contributed by atoms with Crippen molar-refractivity contribution < 1.29 is 9.90 Å². The van der Waals surface area contributed by atoms with E-state index in [9.17, 15) is 9.90 Å². The fourth-order valence-corrected chi connectivity index (χ4v) is 2.10. The van der Waals surface area contributed by atoms with Gasteiger partial charge in [0.1, 0.15) is 5.75 Å². The van der Waals surface area contributed by atoms with Crippen LogP contribution < -0.4 is 11.1 Å². The first-order valence-electron chi connectivity index (χ1n) is 6.01. The minimum Gasteiger partial charge on any atom is -0.508 e. The molecule has 17 heavy (non-hydrogen) atoms. The molecule has 0 aromatic heterocycles. The van der Waals surface area contributed by atoms with E-state index in [-0.39, 0.29) is 17.7 Å². The summed E-state index contributed by atoms with van der Waals surface area (Å²) in [5.41, 5.74) is 6.46. The lowest BCUT2D eigenvalue weighted by Gasteiger charge is -2.07. The number of phenols is 1. The molecule has 1 saturated carbocycles. The lowest BCUT2D eigenvalue weighted by Crippen LogP contribution is -2.27. The van der Waals surface area contributed by atoms with Crippen molar-refractivity contribution in [1.82, 2.24) is 5.32 Å². The number of hydrogen-bond donors (Lipinski definition) is 3. The molecular formula is C13H18N2O2. The molecule has 0 saturated heterocycles. The van der Waals surface area contributed by atoms with E-state index in [0.717, 1.165) is 19.3 Å². The standard InChI is InChI=1S/C13H18N2O2/c1-2-3-8-6-12(8)15-13(17)10-7-9(16)4-5-11(10)14/h4-5,7-8,12,16H,2-3,6,14H2,1H3,(H,15,17). The number of rotatable bonds is 4. The minimum atomic E-state index is -0.193. The molecule has 1 aromatic rings. The van der Waals surface area contributed by atoms with E-state index < -0.39 is 0 Å². The molecule has 92 valence electrons. The van der Waals surface area contributed by atoms with Crippen LogP contribution in [0.3, 0.4) is 0 Å². The highest BCUT2D eigenvalue weighted by Crippen LogP contribution is 2.35. The van der Waals surface area contributed by atoms with Gasteiger partial charge >= 0.3 is 0 Å². The molecule has 4 nitrogen and oxygen atoms in total. The van der Waals surface area contributed by atoms with E-state index in [1.807, 2.05) is 0 Å². The van der Waals surface area contributed by atoms with Gasteiger partial charge in [0.25, 0.3) is 5.91 Å². The third-order valence-electron chi connectivity index (χ3n) is 3.18. The first-order chi connectivity index (χ1) is 8.11. The van der Waals surface area contributed by atoms with Gasteiger partial charge in [0, 0.05) is 11.7 Å². The summed E-state index contributed by atoms with van der Waals surface area (Å²) in [6.45, 7) is 2.14. The Kier molecular flexibility index (Phi) is 3.22. The van der Waals surface area contributed by atoms with Crippen LogP contribution in [0.15, 0.2) is 18.2 Å². The fourth-order valence-electron chi connectivity index (χ4n) is 2.10. The summed E-state index contributed by atoms with van der Waals surface area (Å²) in [6.07, 6.45) is 3.35. The SMILES string of the molecule is CCCC1CC1NC(=O)c1cc(O)ccc1N. The molecule has 2 atom stereocenters. The van der Waals surface area contributed by atoms with Crippen molar-refractivity contribution in [1.29, 1.82) is 0 Å². The number of nitrogens with two attached hydrogens (primary N) is 1. The van der Waals surface area contributed by atoms with Gasteiger partial charge < -0.3 is 16.2 Å². The average Bonchev–Trinajstić information content (AvgIpc) is 3.00. The summed E-state index contributed by atoms with van der Waals surface area (Å²) in [5, 5.41) is 12.3. The molecule has 1 fully saturated rings. The quantitative estimate of drug-likeness (QED) is 0.550. The van der Waals surface area contributed by atoms with Gasteiger partial charge in [0.15, 0.2) is 0 Å². The molecule has 2 unspecified atom stereocenters. The zero-order chi connectivity index (χ0) is 12.4. The lowest BCUT2D eigenvalue weighted by atomic mass is 10.1. The number of anilines is 1. The molecule has 0 aliphatic heterocycles. The second-order valence-electron chi connectivity index (χ2n) is 4.64. The summed E-state index contributed by atoms with van der Waals surface area (Å²) < 4.78 is 0. The van der Waals surface area contributed by atoms with E-state index in [2.05, 4.69) is 12.2 Å². The summed E-state index contributed by atoms with van der Waals surface area (Å²) in [6, 6.07) is 4.70. The van der Waals surface area contributed by atoms with E-state index in [0.29, 0.717) is 17.2 Å². The van der Waals surface area contributed by atoms with Gasteiger partial charge in [-0.1, -0.05) is 13.3 Å². The van der Waals surface area contributed by atoms with Gasteiger partial charge in [0.05, 0.1) is 5.56 Å². The highest BCUT2D eigenvalue weighted by Gasteiger charge is 2.37. The zero-order valence-electron chi connectivity index (χ0n) is 9.94. The van der Waals surface area contributed by atoms with E-state index in [4.69, 9.17) is 5.73 Å². The molecule has 1 amide bonds. The smallest absolute Gasteiger partial charge is 0.253 e. The Hall–Kier alpha value is -1.71. The van der Waals surface area contributed by atoms with Crippen LogP contribution >= 0.6 is 0 Å². The Morgan fingerprint density at radius 3 is 3.06 bits per heavy atom. The molecule has 0 radical (unpaired) electrons. The molecule has 0 spiro atoms. The Morgan fingerprint density at radius 2 is 2.35 bits per heavy atom. The second-order valence-corrected chi connectivity index (χ2v) is 4.64. The number of nitrogen functional groups attached to an aromatic ring is 1. The van der Waals surface area contributed by atoms with Crippen molar-refractivity contribution in [3.63, 3.8) is 0 Å². The first-order valence-corrected chi connectivity index (χ1v) is 6.01. The molecule has 0 heterocycles. The van der Waals surface area contributed by atoms with Crippen LogP contribution in [0.25, 0.3) is 0 Å². The van der Waals surface area contributed by atoms with Crippen LogP contribution in [0.5, 0.6) is 5.75 Å². The predicted molar refractivity (Wildman–Crippen MR) is 66.8 cm³/mol. The predicted octanol–water partition coefficient (Wildman–Crippen LogP) is 1.89. The van der Waals surface area contributed by atoms with Gasteiger partial charge in [-0.2, -0.15) is 0 Å². The first kappa shape index (κ1) is 11.8. The van der Waals surface area contributed by atoms with Gasteiger partial charge in [0.2, 0.25) is 0 Å². The van der Waals surface area contributed by atoms with Crippen molar-refractivity contribution in [2.24, 2.45) is 5.92 Å². The highest BCUT2D eigenvalue weighted by molar-refractivity contribution is 5.99. The van der Waals surface area contributed by atoms with Crippen LogP contribution in [-0.4, -0.2) is 17.1 Å². The third kappa shape index (κ3) is 2.70. The van der Waals surface area contributed by atoms with Crippen molar-refractivity contribution in [3.8, 4) is 5.75 Å². The van der Waals surface area contributed by atoms with E-state index >= 15 is 0 Å². The van der Waals surface area contributed by atoms with E-state index in [1.54, 1.807) is 6.07 Å². The Labute approximate surface area is 101 Å². The largest absolute Gasteiger partial charge is 0.508 e. The third-order valence-corrected chi connectivity index (χ3v) is 3.18. The monoisotopic (exact) mass is 234 g/mol. The topological polar surface area (TPSA) is 75.3 Å². The minimum absolute atomic E-state index is 0.0604. The van der Waals surface area contributed by atoms with Crippen LogP contribution in [0.4, 0.5) is 5.69 Å². The highest BCUT2D eigenvalue weighted by atomic mass is 16.3. The molecule has 1 aliphatic rings. The number of phenolic OH excluding ortho intramolecular Hbond substituents is 1. The maximum absolute atomic E-state index is 11.9. The van der Waals surface area contributed by atoms with Crippen molar-refractivity contribution in [2.45, 2.75) is 32.2 Å². The van der Waals surface area contributed by atoms with Crippen LogP contribution in [-0.2, 0) is 0 Å². The van der Waals surface area contributed by atoms with Gasteiger partial charge in [-0.25, -0.2) is 0 Å². The van der Waals surface area contributed by atoms with Crippen LogP contribution in [0, 0.1) is 5.92 Å². The van der Waals surface area contributed by atoms with Crippen molar-refractivity contribution in [2.75, 3.05) is 5.73 Å². The van der Waals surface area contributed by atoms with Crippen molar-refractivity contribution >= 4 is 11.6 Å². The maximum Gasteiger partial charge on any atom is 0.253 e. The number of carbonyl (C=O) groups is 1. The Balaban J connectivity index is 1.98. The number of amides is 1. The van der Waals surface area contributed by atoms with Crippen LogP contribution in [0.2, 0.25) is 0 Å². The molecule has 4 heteroatoms. The Bertz CT molecular complexity index is 431. The van der Waals surface area contributed by atoms with Gasteiger partial charge in [-0.05, 0) is 37.0 Å². The lowest BCUT2D eigenvalue weighted by molar-refractivity contribution is 0.0949. The second kappa shape index (κ2) is 4.65.